The van der Waals surface area contributed by atoms with E-state index in [-0.39, 0.29) is 5.41 Å². The maximum absolute atomic E-state index is 12.3. The maximum Gasteiger partial charge on any atom is 0.0738 e. The van der Waals surface area contributed by atoms with E-state index in [9.17, 15) is 5.11 Å². The molecular weight excluding hydrogens is 388 g/mol. The summed E-state index contributed by atoms with van der Waals surface area (Å²) in [6, 6.07) is 0. The zero-order valence-corrected chi connectivity index (χ0v) is 22.9. The van der Waals surface area contributed by atoms with E-state index < -0.39 is 5.60 Å². The van der Waals surface area contributed by atoms with E-state index in [1.54, 1.807) is 0 Å². The number of rotatable bonds is 19. The van der Waals surface area contributed by atoms with Gasteiger partial charge >= 0.3 is 0 Å². The Morgan fingerprint density at radius 3 is 1.78 bits per heavy atom. The predicted molar refractivity (Wildman–Crippen MR) is 144 cm³/mol. The van der Waals surface area contributed by atoms with Crippen molar-refractivity contribution in [3.63, 3.8) is 0 Å². The van der Waals surface area contributed by atoms with Gasteiger partial charge in [-0.15, -0.1) is 0 Å². The van der Waals surface area contributed by atoms with Crippen LogP contribution in [-0.2, 0) is 0 Å². The van der Waals surface area contributed by atoms with Crippen LogP contribution in [0.2, 0.25) is 0 Å². The number of unbranched alkanes of at least 4 members (excludes halogenated alkanes) is 8. The van der Waals surface area contributed by atoms with E-state index in [1.165, 1.54) is 116 Å². The predicted octanol–water partition coefficient (Wildman–Crippen LogP) is 10.4. The van der Waals surface area contributed by atoms with Crippen molar-refractivity contribution in [3.05, 3.63) is 12.2 Å². The molecule has 0 aromatic carbocycles. The van der Waals surface area contributed by atoms with E-state index in [1.807, 2.05) is 0 Å². The standard InChI is InChI=1S/C31H60O/c1-6-9-11-13-18-24-31(32,25-19-14-12-10-7-2)30(22-16-15-17-23-30)26-21-29(5)27-28(4)20-8-3/h21,26,28-29,32H,6-20,22-25,27H2,1-5H3/b26-21-/t28-,29?/m1/s1. The summed E-state index contributed by atoms with van der Waals surface area (Å²) in [7, 11) is 0. The van der Waals surface area contributed by atoms with Crippen LogP contribution >= 0.6 is 0 Å². The van der Waals surface area contributed by atoms with Gasteiger partial charge in [-0.1, -0.05) is 143 Å². The summed E-state index contributed by atoms with van der Waals surface area (Å²) < 4.78 is 0. The molecule has 1 N–H and O–H groups in total. The summed E-state index contributed by atoms with van der Waals surface area (Å²) in [5.74, 6) is 1.42. The zero-order chi connectivity index (χ0) is 23.7. The molecule has 0 saturated heterocycles. The van der Waals surface area contributed by atoms with Gasteiger partial charge < -0.3 is 5.11 Å². The lowest BCUT2D eigenvalue weighted by atomic mass is 9.59. The number of hydrogen-bond acceptors (Lipinski definition) is 1. The van der Waals surface area contributed by atoms with Crippen molar-refractivity contribution in [1.82, 2.24) is 0 Å². The van der Waals surface area contributed by atoms with Gasteiger partial charge in [-0.3, -0.25) is 0 Å². The average molecular weight is 449 g/mol. The molecule has 0 aromatic heterocycles. The van der Waals surface area contributed by atoms with Crippen molar-refractivity contribution in [3.8, 4) is 0 Å². The van der Waals surface area contributed by atoms with Gasteiger partial charge in [0.1, 0.15) is 0 Å². The Morgan fingerprint density at radius 1 is 0.750 bits per heavy atom. The second kappa shape index (κ2) is 17.2. The van der Waals surface area contributed by atoms with Gasteiger partial charge in [-0.2, -0.15) is 0 Å². The zero-order valence-electron chi connectivity index (χ0n) is 22.9. The third-order valence-electron chi connectivity index (χ3n) is 8.36. The molecule has 190 valence electrons. The normalized spacial score (nSPS) is 18.8. The first kappa shape index (κ1) is 29.7. The highest BCUT2D eigenvalue weighted by molar-refractivity contribution is 5.12. The molecule has 32 heavy (non-hydrogen) atoms. The first-order chi connectivity index (χ1) is 15.4. The molecule has 1 rings (SSSR count). The molecule has 0 radical (unpaired) electrons. The maximum atomic E-state index is 12.3. The van der Waals surface area contributed by atoms with Gasteiger partial charge in [0, 0.05) is 5.41 Å². The van der Waals surface area contributed by atoms with Crippen LogP contribution in [-0.4, -0.2) is 10.7 Å². The molecule has 0 heterocycles. The molecule has 1 unspecified atom stereocenters. The van der Waals surface area contributed by atoms with Crippen molar-refractivity contribution in [2.24, 2.45) is 17.3 Å². The first-order valence-electron chi connectivity index (χ1n) is 14.8. The largest absolute Gasteiger partial charge is 0.389 e. The molecule has 2 atom stereocenters. The lowest BCUT2D eigenvalue weighted by molar-refractivity contribution is -0.0922. The Hall–Kier alpha value is -0.300. The molecule has 1 aliphatic rings. The van der Waals surface area contributed by atoms with Crippen molar-refractivity contribution >= 4 is 0 Å². The lowest BCUT2D eigenvalue weighted by Gasteiger charge is -2.49. The molecule has 1 fully saturated rings. The summed E-state index contributed by atoms with van der Waals surface area (Å²) in [6.07, 6.45) is 30.2. The number of aliphatic hydroxyl groups is 1. The fourth-order valence-electron chi connectivity index (χ4n) is 6.31. The van der Waals surface area contributed by atoms with Gasteiger partial charge in [-0.25, -0.2) is 0 Å². The van der Waals surface area contributed by atoms with Crippen LogP contribution in [0.4, 0.5) is 0 Å². The highest BCUT2D eigenvalue weighted by Crippen LogP contribution is 2.51. The fraction of sp³-hybridized carbons (Fsp3) is 0.935. The summed E-state index contributed by atoms with van der Waals surface area (Å²) in [5.41, 5.74) is -0.486. The van der Waals surface area contributed by atoms with E-state index in [4.69, 9.17) is 0 Å². The van der Waals surface area contributed by atoms with Gasteiger partial charge in [0.05, 0.1) is 5.60 Å². The van der Waals surface area contributed by atoms with Gasteiger partial charge in [0.15, 0.2) is 0 Å². The first-order valence-corrected chi connectivity index (χ1v) is 14.8. The van der Waals surface area contributed by atoms with Crippen LogP contribution in [0, 0.1) is 17.3 Å². The van der Waals surface area contributed by atoms with Crippen molar-refractivity contribution in [2.75, 3.05) is 0 Å². The molecule has 1 heteroatoms. The quantitative estimate of drug-likeness (QED) is 0.154. The molecule has 0 aromatic rings. The van der Waals surface area contributed by atoms with Crippen LogP contribution < -0.4 is 0 Å². The van der Waals surface area contributed by atoms with Crippen molar-refractivity contribution in [1.29, 1.82) is 0 Å². The summed E-state index contributed by atoms with van der Waals surface area (Å²) in [4.78, 5) is 0. The third kappa shape index (κ3) is 10.8. The summed E-state index contributed by atoms with van der Waals surface area (Å²) in [6.45, 7) is 11.7. The second-order valence-electron chi connectivity index (χ2n) is 11.5. The second-order valence-corrected chi connectivity index (χ2v) is 11.5. The number of hydrogen-bond donors (Lipinski definition) is 1. The average Bonchev–Trinajstić information content (AvgIpc) is 2.78. The Morgan fingerprint density at radius 2 is 1.28 bits per heavy atom. The van der Waals surface area contributed by atoms with Crippen molar-refractivity contribution < 1.29 is 5.11 Å². The monoisotopic (exact) mass is 448 g/mol. The minimum absolute atomic E-state index is 0.0169. The minimum atomic E-state index is -0.503. The molecule has 0 spiro atoms. The van der Waals surface area contributed by atoms with E-state index >= 15 is 0 Å². The molecule has 0 bridgehead atoms. The SMILES string of the molecule is CCCCCCCC(O)(CCCCCCC)C1(/C=C\C(C)C[C@H](C)CCC)CCCCC1. The molecule has 1 saturated carbocycles. The Bertz CT molecular complexity index is 445. The summed E-state index contributed by atoms with van der Waals surface area (Å²) in [5, 5.41) is 12.3. The van der Waals surface area contributed by atoms with Crippen LogP contribution in [0.5, 0.6) is 0 Å². The Kier molecular flexibility index (Phi) is 16.0. The van der Waals surface area contributed by atoms with Gasteiger partial charge in [-0.05, 0) is 43.9 Å². The van der Waals surface area contributed by atoms with Gasteiger partial charge in [0.2, 0.25) is 0 Å². The molecule has 0 aliphatic heterocycles. The third-order valence-corrected chi connectivity index (χ3v) is 8.36. The lowest BCUT2D eigenvalue weighted by Crippen LogP contribution is -2.48. The molecule has 1 aliphatic carbocycles. The topological polar surface area (TPSA) is 20.2 Å². The Labute approximate surface area is 203 Å². The van der Waals surface area contributed by atoms with Gasteiger partial charge in [0.25, 0.3) is 0 Å². The van der Waals surface area contributed by atoms with Crippen LogP contribution in [0.15, 0.2) is 12.2 Å². The van der Waals surface area contributed by atoms with E-state index in [0.29, 0.717) is 5.92 Å². The van der Waals surface area contributed by atoms with E-state index in [2.05, 4.69) is 46.8 Å². The van der Waals surface area contributed by atoms with Crippen LogP contribution in [0.25, 0.3) is 0 Å². The van der Waals surface area contributed by atoms with Crippen LogP contribution in [0.1, 0.15) is 163 Å². The van der Waals surface area contributed by atoms with Crippen molar-refractivity contribution in [2.45, 2.75) is 169 Å². The number of allylic oxidation sites excluding steroid dienone is 1. The highest BCUT2D eigenvalue weighted by Gasteiger charge is 2.47. The fourth-order valence-corrected chi connectivity index (χ4v) is 6.31. The van der Waals surface area contributed by atoms with Crippen LogP contribution in [0.3, 0.4) is 0 Å². The Balaban J connectivity index is 2.94. The summed E-state index contributed by atoms with van der Waals surface area (Å²) >= 11 is 0. The van der Waals surface area contributed by atoms with E-state index in [0.717, 1.165) is 18.8 Å². The molecular formula is C31H60O. The smallest absolute Gasteiger partial charge is 0.0738 e. The highest BCUT2D eigenvalue weighted by atomic mass is 16.3. The molecule has 1 nitrogen and oxygen atoms in total. The minimum Gasteiger partial charge on any atom is -0.389 e. The molecule has 0 amide bonds.